The van der Waals surface area contributed by atoms with Crippen molar-refractivity contribution in [1.29, 1.82) is 0 Å². The number of fused-ring (bicyclic) bond motifs is 1. The smallest absolute Gasteiger partial charge is 0.230 e. The summed E-state index contributed by atoms with van der Waals surface area (Å²) in [6.07, 6.45) is 2.75. The summed E-state index contributed by atoms with van der Waals surface area (Å²) in [4.78, 5) is 20.5. The van der Waals surface area contributed by atoms with Gasteiger partial charge in [0.25, 0.3) is 0 Å². The zero-order chi connectivity index (χ0) is 25.1. The van der Waals surface area contributed by atoms with Gasteiger partial charge in [0.2, 0.25) is 5.91 Å². The highest BCUT2D eigenvalue weighted by Crippen LogP contribution is 2.42. The maximum Gasteiger partial charge on any atom is 0.230 e. The summed E-state index contributed by atoms with van der Waals surface area (Å²) in [5.41, 5.74) is 8.74. The molecule has 0 fully saturated rings. The third-order valence-corrected chi connectivity index (χ3v) is 7.40. The molecule has 2 aromatic carbocycles. The lowest BCUT2D eigenvalue weighted by molar-refractivity contribution is -0.133. The first kappa shape index (κ1) is 24.9. The van der Waals surface area contributed by atoms with Crippen molar-refractivity contribution in [3.8, 4) is 0 Å². The number of benzene rings is 2. The fourth-order valence-corrected chi connectivity index (χ4v) is 5.19. The highest BCUT2D eigenvalue weighted by atomic mass is 16.2. The molecule has 3 heteroatoms. The molecule has 3 nitrogen and oxygen atoms in total. The normalized spacial score (nSPS) is 14.9. The molecule has 0 bridgehead atoms. The van der Waals surface area contributed by atoms with Crippen molar-refractivity contribution in [1.82, 2.24) is 9.88 Å². The average molecular weight is 467 g/mol. The van der Waals surface area contributed by atoms with Crippen molar-refractivity contribution in [3.63, 3.8) is 0 Å². The van der Waals surface area contributed by atoms with E-state index < -0.39 is 0 Å². The van der Waals surface area contributed by atoms with Crippen LogP contribution < -0.4 is 0 Å². The predicted molar refractivity (Wildman–Crippen MR) is 146 cm³/mol. The minimum Gasteiger partial charge on any atom is -0.336 e. The molecule has 3 aromatic rings. The number of aromatic nitrogens is 1. The summed E-state index contributed by atoms with van der Waals surface area (Å²) in [6, 6.07) is 23.4. The van der Waals surface area contributed by atoms with E-state index in [2.05, 4.69) is 105 Å². The fraction of sp³-hybridized carbons (Fsp3) is 0.375. The molecule has 1 amide bonds. The molecule has 0 saturated heterocycles. The molecule has 0 radical (unpaired) electrons. The standard InChI is InChI=1S/C32H38N2O/c1-21(2)25-14-16-26(17-15-25)23(5)32(35)34(22(3)4)20-28-19-27-11-7-8-12-29(27)31(28)24(6)30-13-9-10-18-33-30/h7-18,21-24H,19-20H2,1-6H3. The van der Waals surface area contributed by atoms with Crippen molar-refractivity contribution < 1.29 is 4.79 Å². The van der Waals surface area contributed by atoms with E-state index in [-0.39, 0.29) is 23.8 Å². The molecule has 1 aliphatic rings. The van der Waals surface area contributed by atoms with Gasteiger partial charge >= 0.3 is 0 Å². The summed E-state index contributed by atoms with van der Waals surface area (Å²) < 4.78 is 0. The Hall–Kier alpha value is -3.20. The van der Waals surface area contributed by atoms with Crippen LogP contribution in [0.2, 0.25) is 0 Å². The van der Waals surface area contributed by atoms with Gasteiger partial charge in [-0.25, -0.2) is 0 Å². The summed E-state index contributed by atoms with van der Waals surface area (Å²) in [7, 11) is 0. The van der Waals surface area contributed by atoms with Crippen molar-refractivity contribution in [2.24, 2.45) is 0 Å². The molecule has 1 heterocycles. The van der Waals surface area contributed by atoms with E-state index in [9.17, 15) is 4.79 Å². The Morgan fingerprint density at radius 1 is 0.857 bits per heavy atom. The van der Waals surface area contributed by atoms with E-state index in [0.717, 1.165) is 17.7 Å². The van der Waals surface area contributed by atoms with E-state index >= 15 is 0 Å². The first-order valence-electron chi connectivity index (χ1n) is 12.9. The van der Waals surface area contributed by atoms with Crippen molar-refractivity contribution in [2.45, 2.75) is 71.8 Å². The van der Waals surface area contributed by atoms with Crippen LogP contribution in [0.5, 0.6) is 0 Å². The van der Waals surface area contributed by atoms with Gasteiger partial charge < -0.3 is 4.90 Å². The molecule has 2 unspecified atom stereocenters. The number of amides is 1. The van der Waals surface area contributed by atoms with Crippen molar-refractivity contribution in [2.75, 3.05) is 6.54 Å². The minimum absolute atomic E-state index is 0.113. The monoisotopic (exact) mass is 466 g/mol. The Labute approximate surface area is 210 Å². The van der Waals surface area contributed by atoms with Crippen LogP contribution >= 0.6 is 0 Å². The number of allylic oxidation sites excluding steroid dienone is 1. The van der Waals surface area contributed by atoms with E-state index in [1.165, 1.54) is 27.8 Å². The molecular weight excluding hydrogens is 428 g/mol. The molecule has 0 saturated carbocycles. The number of hydrogen-bond acceptors (Lipinski definition) is 2. The maximum absolute atomic E-state index is 13.8. The molecular formula is C32H38N2O. The second-order valence-corrected chi connectivity index (χ2v) is 10.4. The zero-order valence-electron chi connectivity index (χ0n) is 22.0. The van der Waals surface area contributed by atoms with E-state index in [1.54, 1.807) is 0 Å². The second-order valence-electron chi connectivity index (χ2n) is 10.4. The lowest BCUT2D eigenvalue weighted by atomic mass is 9.90. The number of rotatable bonds is 8. The topological polar surface area (TPSA) is 33.2 Å². The minimum atomic E-state index is -0.181. The van der Waals surface area contributed by atoms with Crippen LogP contribution in [0.3, 0.4) is 0 Å². The fourth-order valence-electron chi connectivity index (χ4n) is 5.19. The van der Waals surface area contributed by atoms with E-state index in [0.29, 0.717) is 12.5 Å². The maximum atomic E-state index is 13.8. The van der Waals surface area contributed by atoms with Gasteiger partial charge in [-0.1, -0.05) is 75.4 Å². The van der Waals surface area contributed by atoms with Crippen molar-refractivity contribution in [3.05, 3.63) is 106 Å². The summed E-state index contributed by atoms with van der Waals surface area (Å²) in [5.74, 6) is 0.655. The predicted octanol–water partition coefficient (Wildman–Crippen LogP) is 7.36. The number of nitrogens with zero attached hydrogens (tertiary/aromatic N) is 2. The van der Waals surface area contributed by atoms with Crippen LogP contribution in [0.25, 0.3) is 5.57 Å². The van der Waals surface area contributed by atoms with Crippen LogP contribution in [0, 0.1) is 0 Å². The number of carbonyl (C=O) groups excluding carboxylic acids is 1. The molecule has 4 rings (SSSR count). The quantitative estimate of drug-likeness (QED) is 0.347. The van der Waals surface area contributed by atoms with Crippen molar-refractivity contribution >= 4 is 11.5 Å². The van der Waals surface area contributed by atoms with E-state index in [1.807, 2.05) is 19.2 Å². The zero-order valence-corrected chi connectivity index (χ0v) is 22.0. The number of hydrogen-bond donors (Lipinski definition) is 0. The molecule has 1 aliphatic carbocycles. The number of carbonyl (C=O) groups is 1. The van der Waals surface area contributed by atoms with Gasteiger partial charge in [-0.15, -0.1) is 0 Å². The van der Waals surface area contributed by atoms with Gasteiger partial charge in [0.15, 0.2) is 0 Å². The largest absolute Gasteiger partial charge is 0.336 e. The van der Waals surface area contributed by atoms with Crippen LogP contribution in [-0.4, -0.2) is 28.4 Å². The Kier molecular flexibility index (Phi) is 7.54. The van der Waals surface area contributed by atoms with Gasteiger partial charge in [-0.2, -0.15) is 0 Å². The lowest BCUT2D eigenvalue weighted by Crippen LogP contribution is -2.41. The molecule has 1 aromatic heterocycles. The molecule has 182 valence electrons. The first-order valence-corrected chi connectivity index (χ1v) is 12.9. The van der Waals surface area contributed by atoms with E-state index in [4.69, 9.17) is 0 Å². The Bertz CT molecular complexity index is 1190. The van der Waals surface area contributed by atoms with Gasteiger partial charge in [0, 0.05) is 30.4 Å². The third kappa shape index (κ3) is 5.24. The molecule has 0 aliphatic heterocycles. The van der Waals surface area contributed by atoms with Crippen LogP contribution in [0.1, 0.15) is 87.2 Å². The number of pyridine rings is 1. The summed E-state index contributed by atoms with van der Waals surface area (Å²) in [5, 5.41) is 0. The van der Waals surface area contributed by atoms with Crippen LogP contribution in [-0.2, 0) is 11.2 Å². The SMILES string of the molecule is CC(C)c1ccc(C(C)C(=O)N(CC2=C(C(C)c3ccccn3)c3ccccc3C2)C(C)C)cc1. The van der Waals surface area contributed by atoms with Crippen LogP contribution in [0.4, 0.5) is 0 Å². The second kappa shape index (κ2) is 10.6. The highest BCUT2D eigenvalue weighted by Gasteiger charge is 2.31. The third-order valence-electron chi connectivity index (χ3n) is 7.40. The van der Waals surface area contributed by atoms with Crippen LogP contribution in [0.15, 0.2) is 78.5 Å². The molecule has 0 N–H and O–H groups in total. The Balaban J connectivity index is 1.65. The molecule has 35 heavy (non-hydrogen) atoms. The molecule has 2 atom stereocenters. The summed E-state index contributed by atoms with van der Waals surface area (Å²) in [6.45, 7) is 13.6. The Morgan fingerprint density at radius 3 is 2.14 bits per heavy atom. The Morgan fingerprint density at radius 2 is 1.51 bits per heavy atom. The lowest BCUT2D eigenvalue weighted by Gasteiger charge is -2.31. The van der Waals surface area contributed by atoms with Gasteiger partial charge in [-0.3, -0.25) is 9.78 Å². The van der Waals surface area contributed by atoms with Gasteiger partial charge in [0.05, 0.1) is 5.92 Å². The molecule has 0 spiro atoms. The van der Waals surface area contributed by atoms with Gasteiger partial charge in [-0.05, 0) is 78.6 Å². The average Bonchev–Trinajstić information content (AvgIpc) is 3.24. The summed E-state index contributed by atoms with van der Waals surface area (Å²) >= 11 is 0. The first-order chi connectivity index (χ1) is 16.8. The van der Waals surface area contributed by atoms with Gasteiger partial charge in [0.1, 0.15) is 0 Å². The highest BCUT2D eigenvalue weighted by molar-refractivity contribution is 5.85.